The third-order valence-corrected chi connectivity index (χ3v) is 6.93. The molecule has 3 aromatic rings. The van der Waals surface area contributed by atoms with Gasteiger partial charge in [0.05, 0.1) is 19.4 Å². The summed E-state index contributed by atoms with van der Waals surface area (Å²) in [7, 11) is 0. The van der Waals surface area contributed by atoms with Gasteiger partial charge in [-0.1, -0.05) is 33.6 Å². The van der Waals surface area contributed by atoms with Crippen LogP contribution in [-0.2, 0) is 0 Å². The molecular formula is C15H9Br2ClN2OS2. The molecule has 1 amide bonds. The highest BCUT2D eigenvalue weighted by Gasteiger charge is 2.17. The van der Waals surface area contributed by atoms with Gasteiger partial charge < -0.3 is 0 Å². The first-order valence-corrected chi connectivity index (χ1v) is 10.0. The Morgan fingerprint density at radius 3 is 2.70 bits per heavy atom. The highest BCUT2D eigenvalue weighted by molar-refractivity contribution is 9.11. The van der Waals surface area contributed by atoms with Crippen LogP contribution in [0.2, 0.25) is 5.02 Å². The van der Waals surface area contributed by atoms with E-state index in [1.807, 2.05) is 37.3 Å². The van der Waals surface area contributed by atoms with Crippen LogP contribution < -0.4 is 5.43 Å². The molecule has 0 radical (unpaired) electrons. The molecule has 0 aliphatic carbocycles. The first-order chi connectivity index (χ1) is 11.0. The lowest BCUT2D eigenvalue weighted by molar-refractivity contribution is 0.0959. The van der Waals surface area contributed by atoms with Gasteiger partial charge >= 0.3 is 0 Å². The van der Waals surface area contributed by atoms with Crippen LogP contribution in [0.15, 0.2) is 43.7 Å². The zero-order valence-corrected chi connectivity index (χ0v) is 17.3. The van der Waals surface area contributed by atoms with Crippen molar-refractivity contribution in [3.63, 3.8) is 0 Å². The summed E-state index contributed by atoms with van der Waals surface area (Å²) in [5.74, 6) is -0.303. The Labute approximate surface area is 162 Å². The lowest BCUT2D eigenvalue weighted by atomic mass is 10.2. The van der Waals surface area contributed by atoms with Crippen molar-refractivity contribution in [2.45, 2.75) is 6.92 Å². The van der Waals surface area contributed by atoms with Crippen LogP contribution in [0.1, 0.15) is 21.5 Å². The van der Waals surface area contributed by atoms with E-state index in [-0.39, 0.29) is 5.91 Å². The number of halogens is 3. The van der Waals surface area contributed by atoms with E-state index >= 15 is 0 Å². The van der Waals surface area contributed by atoms with E-state index in [0.29, 0.717) is 9.90 Å². The summed E-state index contributed by atoms with van der Waals surface area (Å²) in [6.07, 6.45) is 0. The molecule has 8 heteroatoms. The van der Waals surface area contributed by atoms with Crippen molar-refractivity contribution in [2.24, 2.45) is 5.10 Å². The minimum absolute atomic E-state index is 0.303. The summed E-state index contributed by atoms with van der Waals surface area (Å²) in [5.41, 5.74) is 3.32. The average Bonchev–Trinajstić information content (AvgIpc) is 3.08. The SMILES string of the molecule is CC(=NNC(=O)c1sc2cc(Br)ccc2c1Cl)c1ccc(Br)s1. The molecule has 2 heterocycles. The fourth-order valence-electron chi connectivity index (χ4n) is 1.93. The summed E-state index contributed by atoms with van der Waals surface area (Å²) >= 11 is 16.1. The van der Waals surface area contributed by atoms with Crippen LogP contribution in [0.3, 0.4) is 0 Å². The summed E-state index contributed by atoms with van der Waals surface area (Å²) in [6, 6.07) is 9.64. The van der Waals surface area contributed by atoms with E-state index < -0.39 is 0 Å². The predicted octanol–water partition coefficient (Wildman–Crippen LogP) is 6.30. The Morgan fingerprint density at radius 2 is 2.00 bits per heavy atom. The van der Waals surface area contributed by atoms with Gasteiger partial charge in [-0.05, 0) is 47.1 Å². The Balaban J connectivity index is 1.85. The van der Waals surface area contributed by atoms with Crippen molar-refractivity contribution in [3.05, 3.63) is 53.4 Å². The number of benzene rings is 1. The highest BCUT2D eigenvalue weighted by Crippen LogP contribution is 2.36. The van der Waals surface area contributed by atoms with E-state index in [0.717, 1.165) is 28.9 Å². The largest absolute Gasteiger partial charge is 0.283 e. The fraction of sp³-hybridized carbons (Fsp3) is 0.0667. The zero-order chi connectivity index (χ0) is 16.6. The lowest BCUT2D eigenvalue weighted by Gasteiger charge is -1.99. The van der Waals surface area contributed by atoms with Crippen molar-refractivity contribution >= 4 is 87.8 Å². The number of hydrazone groups is 1. The summed E-state index contributed by atoms with van der Waals surface area (Å²) < 4.78 is 2.93. The molecule has 0 saturated carbocycles. The highest BCUT2D eigenvalue weighted by atomic mass is 79.9. The van der Waals surface area contributed by atoms with E-state index in [4.69, 9.17) is 11.6 Å². The quantitative estimate of drug-likeness (QED) is 0.339. The Bertz CT molecular complexity index is 933. The Hall–Kier alpha value is -0.730. The second-order valence-corrected chi connectivity index (χ2v) is 9.44. The predicted molar refractivity (Wildman–Crippen MR) is 106 cm³/mol. The number of hydrogen-bond donors (Lipinski definition) is 1. The zero-order valence-electron chi connectivity index (χ0n) is 11.7. The first kappa shape index (κ1) is 17.1. The maximum absolute atomic E-state index is 12.4. The molecule has 0 aliphatic heterocycles. The lowest BCUT2D eigenvalue weighted by Crippen LogP contribution is -2.18. The van der Waals surface area contributed by atoms with E-state index in [9.17, 15) is 4.79 Å². The molecule has 3 rings (SSSR count). The van der Waals surface area contributed by atoms with Crippen molar-refractivity contribution in [2.75, 3.05) is 0 Å². The Kier molecular flexibility index (Phi) is 5.22. The van der Waals surface area contributed by atoms with Gasteiger partial charge in [0, 0.05) is 14.6 Å². The fourth-order valence-corrected chi connectivity index (χ4v) is 5.22. The standard InChI is InChI=1S/C15H9Br2ClN2OS2/c1-7(10-4-5-12(17)22-10)19-20-15(21)14-13(18)9-3-2-8(16)6-11(9)23-14/h2-6H,1H3,(H,20,21). The van der Waals surface area contributed by atoms with Crippen molar-refractivity contribution in [3.8, 4) is 0 Å². The summed E-state index contributed by atoms with van der Waals surface area (Å²) in [5, 5.41) is 5.49. The van der Waals surface area contributed by atoms with Crippen molar-refractivity contribution in [1.29, 1.82) is 0 Å². The van der Waals surface area contributed by atoms with Crippen LogP contribution in [0.4, 0.5) is 0 Å². The molecule has 0 fully saturated rings. The molecule has 0 aliphatic rings. The van der Waals surface area contributed by atoms with Crippen molar-refractivity contribution in [1.82, 2.24) is 5.43 Å². The van der Waals surface area contributed by atoms with Crippen LogP contribution in [0, 0.1) is 0 Å². The maximum Gasteiger partial charge on any atom is 0.283 e. The molecule has 1 N–H and O–H groups in total. The van der Waals surface area contributed by atoms with Gasteiger partial charge in [0.15, 0.2) is 0 Å². The molecular weight excluding hydrogens is 484 g/mol. The number of nitrogens with zero attached hydrogens (tertiary/aromatic N) is 1. The monoisotopic (exact) mass is 490 g/mol. The maximum atomic E-state index is 12.4. The van der Waals surface area contributed by atoms with E-state index in [1.54, 1.807) is 11.3 Å². The molecule has 0 saturated heterocycles. The number of fused-ring (bicyclic) bond motifs is 1. The molecule has 23 heavy (non-hydrogen) atoms. The number of amides is 1. The third kappa shape index (κ3) is 3.69. The average molecular weight is 493 g/mol. The van der Waals surface area contributed by atoms with Gasteiger partial charge in [0.1, 0.15) is 4.88 Å². The number of thiophene rings is 2. The van der Waals surface area contributed by atoms with Crippen LogP contribution in [0.25, 0.3) is 10.1 Å². The van der Waals surface area contributed by atoms with Gasteiger partial charge in [-0.2, -0.15) is 5.10 Å². The van der Waals surface area contributed by atoms with Crippen LogP contribution in [0.5, 0.6) is 0 Å². The topological polar surface area (TPSA) is 41.5 Å². The number of rotatable bonds is 3. The molecule has 0 unspecified atom stereocenters. The van der Waals surface area contributed by atoms with Crippen molar-refractivity contribution < 1.29 is 4.79 Å². The van der Waals surface area contributed by atoms with Gasteiger partial charge in [0.2, 0.25) is 0 Å². The molecule has 0 atom stereocenters. The molecule has 0 bridgehead atoms. The molecule has 3 nitrogen and oxygen atoms in total. The Morgan fingerprint density at radius 1 is 1.22 bits per heavy atom. The van der Waals surface area contributed by atoms with Crippen LogP contribution >= 0.6 is 66.1 Å². The molecule has 0 spiro atoms. The van der Waals surface area contributed by atoms with E-state index in [2.05, 4.69) is 42.4 Å². The molecule has 1 aromatic carbocycles. The minimum atomic E-state index is -0.303. The van der Waals surface area contributed by atoms with Crippen LogP contribution in [-0.4, -0.2) is 11.6 Å². The number of carbonyl (C=O) groups excluding carboxylic acids is 1. The summed E-state index contributed by atoms with van der Waals surface area (Å²) in [4.78, 5) is 13.8. The normalized spacial score (nSPS) is 11.9. The second kappa shape index (κ2) is 7.03. The molecule has 2 aromatic heterocycles. The minimum Gasteiger partial charge on any atom is -0.266 e. The number of nitrogens with one attached hydrogen (secondary N) is 1. The summed E-state index contributed by atoms with van der Waals surface area (Å²) in [6.45, 7) is 1.85. The number of hydrogen-bond acceptors (Lipinski definition) is 4. The van der Waals surface area contributed by atoms with Gasteiger partial charge in [-0.3, -0.25) is 4.79 Å². The van der Waals surface area contributed by atoms with Gasteiger partial charge in [-0.25, -0.2) is 5.43 Å². The number of carbonyl (C=O) groups is 1. The van der Waals surface area contributed by atoms with E-state index in [1.165, 1.54) is 11.3 Å². The van der Waals surface area contributed by atoms with Gasteiger partial charge in [-0.15, -0.1) is 22.7 Å². The third-order valence-electron chi connectivity index (χ3n) is 3.05. The molecule has 118 valence electrons. The van der Waals surface area contributed by atoms with Gasteiger partial charge in [0.25, 0.3) is 5.91 Å². The first-order valence-electron chi connectivity index (χ1n) is 6.43. The second-order valence-electron chi connectivity index (χ2n) is 4.63. The smallest absolute Gasteiger partial charge is 0.266 e.